The van der Waals surface area contributed by atoms with Crippen LogP contribution in [0.25, 0.3) is 21.8 Å². The number of anilines is 1. The number of benzene rings is 3. The fourth-order valence-electron chi connectivity index (χ4n) is 3.41. The van der Waals surface area contributed by atoms with Gasteiger partial charge < -0.3 is 10.3 Å². The third-order valence-electron chi connectivity index (χ3n) is 4.70. The summed E-state index contributed by atoms with van der Waals surface area (Å²) in [5, 5.41) is 5.38. The smallest absolute Gasteiger partial charge is 0.231 e. The first-order valence-electron chi connectivity index (χ1n) is 8.62. The van der Waals surface area contributed by atoms with Gasteiger partial charge in [0.05, 0.1) is 5.92 Å². The molecule has 1 aromatic heterocycles. The lowest BCUT2D eigenvalue weighted by molar-refractivity contribution is -0.117. The number of carbonyl (C=O) groups is 1. The van der Waals surface area contributed by atoms with Crippen molar-refractivity contribution in [2.75, 3.05) is 5.32 Å². The van der Waals surface area contributed by atoms with Gasteiger partial charge in [0, 0.05) is 27.5 Å². The highest BCUT2D eigenvalue weighted by atomic mass is 16.1. The van der Waals surface area contributed by atoms with Gasteiger partial charge in [-0.3, -0.25) is 4.79 Å². The van der Waals surface area contributed by atoms with Crippen molar-refractivity contribution >= 4 is 33.4 Å². The van der Waals surface area contributed by atoms with Crippen LogP contribution in [0.3, 0.4) is 0 Å². The molecular weight excluding hydrogens is 308 g/mol. The third-order valence-corrected chi connectivity index (χ3v) is 4.70. The molecule has 0 bridgehead atoms. The van der Waals surface area contributed by atoms with E-state index in [2.05, 4.69) is 22.4 Å². The van der Waals surface area contributed by atoms with Crippen LogP contribution >= 0.6 is 0 Å². The molecule has 25 heavy (non-hydrogen) atoms. The summed E-state index contributed by atoms with van der Waals surface area (Å²) in [5.74, 6) is -0.104. The number of nitrogens with one attached hydrogen (secondary N) is 2. The fourth-order valence-corrected chi connectivity index (χ4v) is 3.41. The summed E-state index contributed by atoms with van der Waals surface area (Å²) in [6.45, 7) is 2.04. The van der Waals surface area contributed by atoms with Crippen LogP contribution in [0.1, 0.15) is 24.8 Å². The Morgan fingerprint density at radius 2 is 1.64 bits per heavy atom. The van der Waals surface area contributed by atoms with Gasteiger partial charge in [0.15, 0.2) is 0 Å². The predicted molar refractivity (Wildman–Crippen MR) is 104 cm³/mol. The number of para-hydroxylation sites is 1. The van der Waals surface area contributed by atoms with Crippen molar-refractivity contribution in [3.8, 4) is 0 Å². The van der Waals surface area contributed by atoms with Gasteiger partial charge in [-0.15, -0.1) is 0 Å². The second-order valence-electron chi connectivity index (χ2n) is 6.29. The lowest BCUT2D eigenvalue weighted by Gasteiger charge is -2.15. The average molecular weight is 328 g/mol. The molecule has 4 aromatic rings. The second kappa shape index (κ2) is 6.44. The molecule has 0 saturated carbocycles. The zero-order valence-corrected chi connectivity index (χ0v) is 14.1. The molecule has 0 fully saturated rings. The minimum atomic E-state index is -0.139. The Labute approximate surface area is 146 Å². The Morgan fingerprint density at radius 1 is 0.920 bits per heavy atom. The topological polar surface area (TPSA) is 44.9 Å². The van der Waals surface area contributed by atoms with Crippen LogP contribution in [-0.4, -0.2) is 10.9 Å². The maximum atomic E-state index is 12.8. The Hall–Kier alpha value is -3.07. The summed E-state index contributed by atoms with van der Waals surface area (Å²) in [6, 6.07) is 24.2. The molecule has 4 rings (SSSR count). The van der Waals surface area contributed by atoms with Crippen LogP contribution < -0.4 is 5.32 Å². The van der Waals surface area contributed by atoms with E-state index in [0.717, 1.165) is 34.1 Å². The number of hydrogen-bond acceptors (Lipinski definition) is 1. The summed E-state index contributed by atoms with van der Waals surface area (Å²) >= 11 is 0. The van der Waals surface area contributed by atoms with Crippen molar-refractivity contribution in [2.24, 2.45) is 0 Å². The quantitative estimate of drug-likeness (QED) is 0.514. The molecular formula is C22H20N2O. The summed E-state index contributed by atoms with van der Waals surface area (Å²) in [7, 11) is 0. The molecule has 0 unspecified atom stereocenters. The number of carbonyl (C=O) groups excluding carboxylic acids is 1. The molecule has 0 spiro atoms. The van der Waals surface area contributed by atoms with Crippen molar-refractivity contribution in [2.45, 2.75) is 19.3 Å². The number of amides is 1. The van der Waals surface area contributed by atoms with E-state index in [9.17, 15) is 4.79 Å². The largest absolute Gasteiger partial charge is 0.355 e. The number of aromatic amines is 1. The van der Waals surface area contributed by atoms with E-state index in [4.69, 9.17) is 0 Å². The molecule has 124 valence electrons. The van der Waals surface area contributed by atoms with E-state index >= 15 is 0 Å². The normalized spacial score (nSPS) is 12.4. The molecule has 3 nitrogen and oxygen atoms in total. The van der Waals surface area contributed by atoms with Crippen LogP contribution in [-0.2, 0) is 4.79 Å². The first kappa shape index (κ1) is 15.5. The van der Waals surface area contributed by atoms with E-state index in [-0.39, 0.29) is 11.8 Å². The fraction of sp³-hybridized carbons (Fsp3) is 0.136. The Bertz CT molecular complexity index is 1030. The van der Waals surface area contributed by atoms with Crippen molar-refractivity contribution in [1.29, 1.82) is 0 Å². The highest BCUT2D eigenvalue weighted by Gasteiger charge is 2.18. The van der Waals surface area contributed by atoms with Gasteiger partial charge in [-0.05, 0) is 36.2 Å². The van der Waals surface area contributed by atoms with Gasteiger partial charge >= 0.3 is 0 Å². The van der Waals surface area contributed by atoms with E-state index in [0.29, 0.717) is 0 Å². The summed E-state index contributed by atoms with van der Waals surface area (Å²) in [5.41, 5.74) is 4.07. The zero-order chi connectivity index (χ0) is 17.2. The lowest BCUT2D eigenvalue weighted by atomic mass is 9.95. The molecule has 3 heteroatoms. The molecule has 1 heterocycles. The summed E-state index contributed by atoms with van der Waals surface area (Å²) in [6.07, 6.45) is 0.769. The summed E-state index contributed by atoms with van der Waals surface area (Å²) < 4.78 is 0. The van der Waals surface area contributed by atoms with E-state index in [1.165, 1.54) is 5.39 Å². The van der Waals surface area contributed by atoms with Gasteiger partial charge in [-0.1, -0.05) is 55.5 Å². The highest BCUT2D eigenvalue weighted by Crippen LogP contribution is 2.28. The molecule has 1 amide bonds. The first-order chi connectivity index (χ1) is 12.3. The molecule has 1 atom stereocenters. The SMILES string of the molecule is CC[C@@H](C(=O)Nc1ccc2[nH]c3ccccc3c2c1)c1ccccc1. The van der Waals surface area contributed by atoms with Crippen molar-refractivity contribution in [3.05, 3.63) is 78.4 Å². The number of fused-ring (bicyclic) bond motifs is 3. The molecule has 0 radical (unpaired) electrons. The van der Waals surface area contributed by atoms with Gasteiger partial charge in [-0.25, -0.2) is 0 Å². The maximum absolute atomic E-state index is 12.8. The standard InChI is InChI=1S/C22H20N2O/c1-2-17(15-8-4-3-5-9-15)22(25)23-16-12-13-21-19(14-16)18-10-6-7-11-20(18)24-21/h3-14,17,24H,2H2,1H3,(H,23,25)/t17-/m1/s1. The Morgan fingerprint density at radius 3 is 2.44 bits per heavy atom. The lowest BCUT2D eigenvalue weighted by Crippen LogP contribution is -2.20. The summed E-state index contributed by atoms with van der Waals surface area (Å²) in [4.78, 5) is 16.2. The maximum Gasteiger partial charge on any atom is 0.231 e. The predicted octanol–water partition coefficient (Wildman–Crippen LogP) is 5.45. The minimum Gasteiger partial charge on any atom is -0.355 e. The Kier molecular flexibility index (Phi) is 3.98. The van der Waals surface area contributed by atoms with Crippen LogP contribution in [0.4, 0.5) is 5.69 Å². The van der Waals surface area contributed by atoms with E-state index in [1.807, 2.05) is 67.6 Å². The number of rotatable bonds is 4. The second-order valence-corrected chi connectivity index (χ2v) is 6.29. The molecule has 2 N–H and O–H groups in total. The number of aromatic nitrogens is 1. The number of hydrogen-bond donors (Lipinski definition) is 2. The Balaban J connectivity index is 1.65. The molecule has 0 aliphatic heterocycles. The van der Waals surface area contributed by atoms with E-state index < -0.39 is 0 Å². The van der Waals surface area contributed by atoms with Crippen molar-refractivity contribution in [3.63, 3.8) is 0 Å². The first-order valence-corrected chi connectivity index (χ1v) is 8.62. The van der Waals surface area contributed by atoms with Gasteiger partial charge in [0.2, 0.25) is 5.91 Å². The van der Waals surface area contributed by atoms with Gasteiger partial charge in [0.1, 0.15) is 0 Å². The minimum absolute atomic E-state index is 0.0351. The third kappa shape index (κ3) is 2.89. The zero-order valence-electron chi connectivity index (χ0n) is 14.1. The van der Waals surface area contributed by atoms with Crippen molar-refractivity contribution in [1.82, 2.24) is 4.98 Å². The molecule has 0 aliphatic carbocycles. The van der Waals surface area contributed by atoms with Gasteiger partial charge in [0.25, 0.3) is 0 Å². The monoisotopic (exact) mass is 328 g/mol. The van der Waals surface area contributed by atoms with Crippen LogP contribution in [0.5, 0.6) is 0 Å². The van der Waals surface area contributed by atoms with Crippen LogP contribution in [0.15, 0.2) is 72.8 Å². The van der Waals surface area contributed by atoms with Crippen LogP contribution in [0.2, 0.25) is 0 Å². The molecule has 0 saturated heterocycles. The number of H-pyrrole nitrogens is 1. The van der Waals surface area contributed by atoms with E-state index in [1.54, 1.807) is 0 Å². The van der Waals surface area contributed by atoms with Crippen LogP contribution in [0, 0.1) is 0 Å². The van der Waals surface area contributed by atoms with Crippen molar-refractivity contribution < 1.29 is 4.79 Å². The van der Waals surface area contributed by atoms with Gasteiger partial charge in [-0.2, -0.15) is 0 Å². The average Bonchev–Trinajstić information content (AvgIpc) is 3.01. The molecule has 0 aliphatic rings. The highest BCUT2D eigenvalue weighted by molar-refractivity contribution is 6.09. The molecule has 3 aromatic carbocycles.